The summed E-state index contributed by atoms with van der Waals surface area (Å²) < 4.78 is 23.1. The number of hydrogen-bond acceptors (Lipinski definition) is 6. The number of rotatable bonds is 11. The highest BCUT2D eigenvalue weighted by Crippen LogP contribution is 2.59. The second kappa shape index (κ2) is 13.7. The number of carbonyl (C=O) groups excluding carboxylic acids is 2. The molecule has 0 unspecified atom stereocenters. The van der Waals surface area contributed by atoms with Gasteiger partial charge >= 0.3 is 12.1 Å². The smallest absolute Gasteiger partial charge is 0.412 e. The lowest BCUT2D eigenvalue weighted by Gasteiger charge is -2.46. The van der Waals surface area contributed by atoms with Crippen LogP contribution in [-0.2, 0) is 18.9 Å². The van der Waals surface area contributed by atoms with Crippen LogP contribution >= 0.6 is 0 Å². The molecule has 0 heterocycles. The summed E-state index contributed by atoms with van der Waals surface area (Å²) in [7, 11) is 1.59. The standard InChI is InChI=1S/C34H45NO6/c1-24(29(20-22-33(2,3)39-23-38-5)41-32(37)35-26-15-10-7-11-16-26)27-18-19-28-30(17-12-21-34(27,28)4)40-31(36)25-13-8-6-9-14-25/h6-11,13-16,20,22,24,27-30H,12,17-19,21,23H2,1-5H3,(H,35,37)/b22-20-/t24-,27+,28-,29-,30-,34+/m0/s1. The molecule has 0 aliphatic heterocycles. The number of para-hydroxylation sites is 1. The van der Waals surface area contributed by atoms with Crippen LogP contribution in [0.2, 0.25) is 0 Å². The Bertz CT molecular complexity index is 1170. The Morgan fingerprint density at radius 2 is 1.73 bits per heavy atom. The van der Waals surface area contributed by atoms with E-state index in [0.717, 1.165) is 32.1 Å². The van der Waals surface area contributed by atoms with E-state index in [4.69, 9.17) is 18.9 Å². The molecule has 6 atom stereocenters. The molecular weight excluding hydrogens is 518 g/mol. The SMILES string of the molecule is COCOC(C)(C)/C=C\[C@H](OC(=O)Nc1ccccc1)[C@@H](C)[C@H]1CC[C@H]2[C@@H](OC(=O)c3ccccc3)CCC[C@]12C. The molecule has 7 heteroatoms. The van der Waals surface area contributed by atoms with Crippen LogP contribution in [0.25, 0.3) is 0 Å². The van der Waals surface area contributed by atoms with Gasteiger partial charge in [0.25, 0.3) is 0 Å². The molecule has 2 aromatic rings. The van der Waals surface area contributed by atoms with E-state index in [0.29, 0.717) is 11.3 Å². The molecule has 2 fully saturated rings. The zero-order valence-corrected chi connectivity index (χ0v) is 25.0. The Labute approximate surface area is 244 Å². The fourth-order valence-corrected chi connectivity index (χ4v) is 6.87. The summed E-state index contributed by atoms with van der Waals surface area (Å²) in [6.45, 7) is 8.58. The van der Waals surface area contributed by atoms with E-state index in [9.17, 15) is 9.59 Å². The van der Waals surface area contributed by atoms with E-state index in [-0.39, 0.29) is 42.0 Å². The molecule has 1 N–H and O–H groups in total. The average Bonchev–Trinajstić information content (AvgIpc) is 3.32. The minimum absolute atomic E-state index is 0.0320. The zero-order valence-electron chi connectivity index (χ0n) is 25.0. The molecule has 2 aliphatic rings. The molecule has 222 valence electrons. The van der Waals surface area contributed by atoms with E-state index >= 15 is 0 Å². The van der Waals surface area contributed by atoms with E-state index in [2.05, 4.69) is 19.2 Å². The second-order valence-corrected chi connectivity index (χ2v) is 12.2. The molecule has 2 aromatic carbocycles. The van der Waals surface area contributed by atoms with Gasteiger partial charge in [-0.15, -0.1) is 0 Å². The third-order valence-corrected chi connectivity index (χ3v) is 9.06. The summed E-state index contributed by atoms with van der Waals surface area (Å²) in [5.74, 6) is 0.328. The van der Waals surface area contributed by atoms with Crippen molar-refractivity contribution in [2.45, 2.75) is 77.6 Å². The quantitative estimate of drug-likeness (QED) is 0.172. The summed E-state index contributed by atoms with van der Waals surface area (Å²) in [5.41, 5.74) is 0.632. The molecule has 0 saturated heterocycles. The summed E-state index contributed by atoms with van der Waals surface area (Å²) in [6, 6.07) is 18.5. The van der Waals surface area contributed by atoms with E-state index < -0.39 is 17.8 Å². The van der Waals surface area contributed by atoms with Crippen molar-refractivity contribution in [3.05, 3.63) is 78.4 Å². The molecule has 2 aliphatic carbocycles. The molecular formula is C34H45NO6. The highest BCUT2D eigenvalue weighted by Gasteiger charge is 2.54. The normalized spacial score (nSPS) is 25.7. The van der Waals surface area contributed by atoms with Gasteiger partial charge in [-0.2, -0.15) is 0 Å². The molecule has 4 rings (SSSR count). The van der Waals surface area contributed by atoms with Gasteiger partial charge < -0.3 is 18.9 Å². The van der Waals surface area contributed by atoms with E-state index in [1.165, 1.54) is 0 Å². The highest BCUT2D eigenvalue weighted by atomic mass is 16.7. The predicted molar refractivity (Wildman–Crippen MR) is 159 cm³/mol. The highest BCUT2D eigenvalue weighted by molar-refractivity contribution is 5.89. The number of nitrogens with one attached hydrogen (secondary N) is 1. The van der Waals surface area contributed by atoms with Crippen LogP contribution in [0, 0.1) is 23.2 Å². The van der Waals surface area contributed by atoms with Crippen LogP contribution < -0.4 is 5.32 Å². The van der Waals surface area contributed by atoms with E-state index in [1.54, 1.807) is 19.2 Å². The summed E-state index contributed by atoms with van der Waals surface area (Å²) in [5, 5.41) is 2.86. The first kappa shape index (κ1) is 30.8. The van der Waals surface area contributed by atoms with Crippen molar-refractivity contribution in [3.8, 4) is 0 Å². The van der Waals surface area contributed by atoms with Crippen molar-refractivity contribution in [3.63, 3.8) is 0 Å². The van der Waals surface area contributed by atoms with Crippen molar-refractivity contribution in [2.24, 2.45) is 23.2 Å². The van der Waals surface area contributed by atoms with Gasteiger partial charge in [-0.1, -0.05) is 56.3 Å². The van der Waals surface area contributed by atoms with Crippen LogP contribution in [0.3, 0.4) is 0 Å². The van der Waals surface area contributed by atoms with Crippen molar-refractivity contribution in [1.82, 2.24) is 0 Å². The van der Waals surface area contributed by atoms with Crippen LogP contribution in [0.4, 0.5) is 10.5 Å². The van der Waals surface area contributed by atoms with Gasteiger partial charge in [0.1, 0.15) is 19.0 Å². The van der Waals surface area contributed by atoms with Gasteiger partial charge in [-0.25, -0.2) is 9.59 Å². The maximum absolute atomic E-state index is 13.0. The van der Waals surface area contributed by atoms with Gasteiger partial charge in [0.05, 0.1) is 11.2 Å². The number of fused-ring (bicyclic) bond motifs is 1. The lowest BCUT2D eigenvalue weighted by atomic mass is 9.61. The summed E-state index contributed by atoms with van der Waals surface area (Å²) in [6.07, 6.45) is 7.72. The summed E-state index contributed by atoms with van der Waals surface area (Å²) >= 11 is 0. The van der Waals surface area contributed by atoms with E-state index in [1.807, 2.05) is 74.5 Å². The molecule has 41 heavy (non-hydrogen) atoms. The van der Waals surface area contributed by atoms with Crippen molar-refractivity contribution < 1.29 is 28.5 Å². The molecule has 7 nitrogen and oxygen atoms in total. The average molecular weight is 564 g/mol. The third kappa shape index (κ3) is 7.77. The van der Waals surface area contributed by atoms with Gasteiger partial charge in [0.15, 0.2) is 0 Å². The Balaban J connectivity index is 1.52. The minimum Gasteiger partial charge on any atom is -0.458 e. The Kier molecular flexibility index (Phi) is 10.3. The van der Waals surface area contributed by atoms with Crippen LogP contribution in [0.15, 0.2) is 72.8 Å². The van der Waals surface area contributed by atoms with Crippen LogP contribution in [0.5, 0.6) is 0 Å². The van der Waals surface area contributed by atoms with Gasteiger partial charge in [0.2, 0.25) is 0 Å². The van der Waals surface area contributed by atoms with Gasteiger partial charge in [0, 0.05) is 24.6 Å². The number of methoxy groups -OCH3 is 1. The largest absolute Gasteiger partial charge is 0.458 e. The third-order valence-electron chi connectivity index (χ3n) is 9.06. The fourth-order valence-electron chi connectivity index (χ4n) is 6.87. The number of amides is 1. The van der Waals surface area contributed by atoms with Gasteiger partial charge in [-0.05, 0) is 87.6 Å². The maximum Gasteiger partial charge on any atom is 0.412 e. The molecule has 0 aromatic heterocycles. The Hall–Kier alpha value is -3.16. The topological polar surface area (TPSA) is 83.1 Å². The van der Waals surface area contributed by atoms with Gasteiger partial charge in [-0.3, -0.25) is 5.32 Å². The number of ether oxygens (including phenoxy) is 4. The molecule has 1 amide bonds. The molecule has 2 saturated carbocycles. The van der Waals surface area contributed by atoms with Crippen molar-refractivity contribution in [1.29, 1.82) is 0 Å². The Morgan fingerprint density at radius 1 is 1.05 bits per heavy atom. The number of benzene rings is 2. The number of carbonyl (C=O) groups is 2. The first-order valence-corrected chi connectivity index (χ1v) is 14.7. The van der Waals surface area contributed by atoms with Crippen LogP contribution in [-0.4, -0.2) is 43.8 Å². The van der Waals surface area contributed by atoms with Crippen molar-refractivity contribution in [2.75, 3.05) is 19.2 Å². The lowest BCUT2D eigenvalue weighted by Crippen LogP contribution is -2.45. The van der Waals surface area contributed by atoms with Crippen molar-refractivity contribution >= 4 is 17.7 Å². The predicted octanol–water partition coefficient (Wildman–Crippen LogP) is 7.64. The first-order valence-electron chi connectivity index (χ1n) is 14.7. The molecule has 0 spiro atoms. The Morgan fingerprint density at radius 3 is 2.41 bits per heavy atom. The molecule has 0 bridgehead atoms. The zero-order chi connectivity index (χ0) is 29.5. The summed E-state index contributed by atoms with van der Waals surface area (Å²) in [4.78, 5) is 26.0. The molecule has 0 radical (unpaired) electrons. The number of anilines is 1. The second-order valence-electron chi connectivity index (χ2n) is 12.2. The number of hydrogen-bond donors (Lipinski definition) is 1. The fraction of sp³-hybridized carbons (Fsp3) is 0.529. The monoisotopic (exact) mass is 563 g/mol. The van der Waals surface area contributed by atoms with Crippen LogP contribution in [0.1, 0.15) is 70.2 Å². The lowest BCUT2D eigenvalue weighted by molar-refractivity contribution is -0.0924. The number of esters is 1. The minimum atomic E-state index is -0.600. The first-order chi connectivity index (χ1) is 19.6. The maximum atomic E-state index is 13.0.